The molecule has 0 spiro atoms. The predicted octanol–water partition coefficient (Wildman–Crippen LogP) is 2.42. The van der Waals surface area contributed by atoms with E-state index in [0.29, 0.717) is 17.2 Å². The van der Waals surface area contributed by atoms with Gasteiger partial charge in [0.05, 0.1) is 4.90 Å². The highest BCUT2D eigenvalue weighted by Crippen LogP contribution is 2.27. The molecule has 110 valence electrons. The normalized spacial score (nSPS) is 18.9. The van der Waals surface area contributed by atoms with Crippen molar-refractivity contribution >= 4 is 15.8 Å². The summed E-state index contributed by atoms with van der Waals surface area (Å²) in [5.41, 5.74) is 1.04. The Kier molecular flexibility index (Phi) is 4.94. The number of sulfonamides is 1. The molecule has 1 atom stereocenters. The van der Waals surface area contributed by atoms with Gasteiger partial charge in [0, 0.05) is 18.9 Å². The standard InChI is InChI=1S/C15H21NO3S/c1-12-5-8-14(9-6-12)20(18,19)16-11-3-2-4-13-7-10-15(13)17/h5-6,8-9,13,16H,2-4,7,10-11H2,1H3. The Morgan fingerprint density at radius 1 is 1.20 bits per heavy atom. The Bertz CT molecular complexity index is 563. The Labute approximate surface area is 120 Å². The van der Waals surface area contributed by atoms with Crippen LogP contribution in [-0.4, -0.2) is 20.7 Å². The van der Waals surface area contributed by atoms with Crippen LogP contribution in [0.2, 0.25) is 0 Å². The number of carbonyl (C=O) groups excluding carboxylic acids is 1. The number of Topliss-reactive ketones (excluding diaryl/α,β-unsaturated/α-hetero) is 1. The number of benzene rings is 1. The van der Waals surface area contributed by atoms with Crippen LogP contribution in [-0.2, 0) is 14.8 Å². The van der Waals surface area contributed by atoms with E-state index in [9.17, 15) is 13.2 Å². The van der Waals surface area contributed by atoms with Crippen LogP contribution in [0.1, 0.15) is 37.7 Å². The molecule has 0 saturated heterocycles. The smallest absolute Gasteiger partial charge is 0.240 e. The number of ketones is 1. The minimum Gasteiger partial charge on any atom is -0.299 e. The molecule has 20 heavy (non-hydrogen) atoms. The van der Waals surface area contributed by atoms with Crippen LogP contribution < -0.4 is 4.72 Å². The maximum atomic E-state index is 12.0. The van der Waals surface area contributed by atoms with Crippen molar-refractivity contribution in [1.29, 1.82) is 0 Å². The number of aryl methyl sites for hydroxylation is 1. The van der Waals surface area contributed by atoms with Gasteiger partial charge in [-0.25, -0.2) is 13.1 Å². The van der Waals surface area contributed by atoms with Crippen molar-refractivity contribution < 1.29 is 13.2 Å². The summed E-state index contributed by atoms with van der Waals surface area (Å²) in [5.74, 6) is 0.606. The second-order valence-corrected chi connectivity index (χ2v) is 7.18. The zero-order valence-electron chi connectivity index (χ0n) is 11.8. The minimum absolute atomic E-state index is 0.240. The first kappa shape index (κ1) is 15.2. The molecule has 1 unspecified atom stereocenters. The van der Waals surface area contributed by atoms with Crippen LogP contribution in [0.4, 0.5) is 0 Å². The summed E-state index contributed by atoms with van der Waals surface area (Å²) in [6.45, 7) is 2.35. The molecule has 0 heterocycles. The van der Waals surface area contributed by atoms with E-state index in [1.54, 1.807) is 24.3 Å². The van der Waals surface area contributed by atoms with Crippen LogP contribution in [0.3, 0.4) is 0 Å². The fraction of sp³-hybridized carbons (Fsp3) is 0.533. The van der Waals surface area contributed by atoms with Crippen molar-refractivity contribution in [2.24, 2.45) is 5.92 Å². The first-order valence-corrected chi connectivity index (χ1v) is 8.56. The summed E-state index contributed by atoms with van der Waals surface area (Å²) in [7, 11) is -3.40. The van der Waals surface area contributed by atoms with Crippen LogP contribution in [0, 0.1) is 12.8 Å². The molecule has 1 aliphatic carbocycles. The van der Waals surface area contributed by atoms with Gasteiger partial charge < -0.3 is 0 Å². The van der Waals surface area contributed by atoms with Gasteiger partial charge in [-0.1, -0.05) is 24.1 Å². The number of unbranched alkanes of at least 4 members (excludes halogenated alkanes) is 1. The molecule has 5 heteroatoms. The van der Waals surface area contributed by atoms with E-state index >= 15 is 0 Å². The highest BCUT2D eigenvalue weighted by Gasteiger charge is 2.26. The SMILES string of the molecule is Cc1ccc(S(=O)(=O)NCCCCC2CCC2=O)cc1. The summed E-state index contributed by atoms with van der Waals surface area (Å²) in [6.07, 6.45) is 4.30. The first-order chi connectivity index (χ1) is 9.49. The molecule has 4 nitrogen and oxygen atoms in total. The van der Waals surface area contributed by atoms with E-state index in [-0.39, 0.29) is 5.92 Å². The lowest BCUT2D eigenvalue weighted by Crippen LogP contribution is -2.27. The van der Waals surface area contributed by atoms with Crippen molar-refractivity contribution in [3.05, 3.63) is 29.8 Å². The van der Waals surface area contributed by atoms with Crippen LogP contribution in [0.25, 0.3) is 0 Å². The lowest BCUT2D eigenvalue weighted by Gasteiger charge is -2.23. The Hall–Kier alpha value is -1.20. The monoisotopic (exact) mass is 295 g/mol. The second-order valence-electron chi connectivity index (χ2n) is 5.41. The Morgan fingerprint density at radius 2 is 1.90 bits per heavy atom. The van der Waals surface area contributed by atoms with E-state index < -0.39 is 10.0 Å². The van der Waals surface area contributed by atoms with Crippen molar-refractivity contribution in [3.8, 4) is 0 Å². The summed E-state index contributed by atoms with van der Waals surface area (Å²) in [4.78, 5) is 11.5. The summed E-state index contributed by atoms with van der Waals surface area (Å²) in [5, 5.41) is 0. The van der Waals surface area contributed by atoms with Crippen molar-refractivity contribution in [3.63, 3.8) is 0 Å². The number of carbonyl (C=O) groups is 1. The molecule has 1 aromatic carbocycles. The van der Waals surface area contributed by atoms with Crippen LogP contribution in [0.15, 0.2) is 29.2 Å². The zero-order valence-corrected chi connectivity index (χ0v) is 12.6. The van der Waals surface area contributed by atoms with Crippen molar-refractivity contribution in [2.75, 3.05) is 6.54 Å². The van der Waals surface area contributed by atoms with Gasteiger partial charge in [0.15, 0.2) is 0 Å². The molecule has 2 rings (SSSR count). The fourth-order valence-corrected chi connectivity index (χ4v) is 3.37. The zero-order chi connectivity index (χ0) is 14.6. The lowest BCUT2D eigenvalue weighted by atomic mass is 9.80. The number of hydrogen-bond donors (Lipinski definition) is 1. The number of hydrogen-bond acceptors (Lipinski definition) is 3. The summed E-state index contributed by atoms with van der Waals surface area (Å²) >= 11 is 0. The van der Waals surface area contributed by atoms with Gasteiger partial charge in [0.25, 0.3) is 0 Å². The third-order valence-electron chi connectivity index (χ3n) is 3.80. The third kappa shape index (κ3) is 3.90. The van der Waals surface area contributed by atoms with Crippen molar-refractivity contribution in [2.45, 2.75) is 43.9 Å². The van der Waals surface area contributed by atoms with E-state index in [0.717, 1.165) is 37.7 Å². The molecular weight excluding hydrogens is 274 g/mol. The van der Waals surface area contributed by atoms with Gasteiger partial charge in [0.2, 0.25) is 10.0 Å². The molecule has 0 aromatic heterocycles. The Balaban J connectivity index is 1.72. The summed E-state index contributed by atoms with van der Waals surface area (Å²) < 4.78 is 26.6. The highest BCUT2D eigenvalue weighted by atomic mass is 32.2. The highest BCUT2D eigenvalue weighted by molar-refractivity contribution is 7.89. The molecule has 0 radical (unpaired) electrons. The van der Waals surface area contributed by atoms with E-state index in [4.69, 9.17) is 0 Å². The maximum absolute atomic E-state index is 12.0. The van der Waals surface area contributed by atoms with Gasteiger partial charge in [-0.05, 0) is 38.3 Å². The molecule has 1 N–H and O–H groups in total. The van der Waals surface area contributed by atoms with Gasteiger partial charge >= 0.3 is 0 Å². The molecule has 1 saturated carbocycles. The maximum Gasteiger partial charge on any atom is 0.240 e. The van der Waals surface area contributed by atoms with Gasteiger partial charge in [-0.15, -0.1) is 0 Å². The quantitative estimate of drug-likeness (QED) is 0.786. The van der Waals surface area contributed by atoms with Crippen LogP contribution in [0.5, 0.6) is 0 Å². The fourth-order valence-electron chi connectivity index (χ4n) is 2.29. The molecule has 0 aliphatic heterocycles. The lowest BCUT2D eigenvalue weighted by molar-refractivity contribution is -0.129. The minimum atomic E-state index is -3.40. The molecule has 0 amide bonds. The van der Waals surface area contributed by atoms with E-state index in [1.807, 2.05) is 6.92 Å². The van der Waals surface area contributed by atoms with E-state index in [1.165, 1.54) is 0 Å². The molecule has 1 aliphatic rings. The predicted molar refractivity (Wildman–Crippen MR) is 77.9 cm³/mol. The second kappa shape index (κ2) is 6.50. The molecule has 0 bridgehead atoms. The largest absolute Gasteiger partial charge is 0.299 e. The molecule has 1 aromatic rings. The number of nitrogens with one attached hydrogen (secondary N) is 1. The van der Waals surface area contributed by atoms with Crippen LogP contribution >= 0.6 is 0 Å². The Morgan fingerprint density at radius 3 is 2.45 bits per heavy atom. The average Bonchev–Trinajstić information content (AvgIpc) is 2.41. The molecular formula is C15H21NO3S. The topological polar surface area (TPSA) is 63.2 Å². The number of rotatable bonds is 7. The summed E-state index contributed by atoms with van der Waals surface area (Å²) in [6, 6.07) is 6.81. The van der Waals surface area contributed by atoms with Gasteiger partial charge in [-0.3, -0.25) is 4.79 Å². The third-order valence-corrected chi connectivity index (χ3v) is 5.27. The first-order valence-electron chi connectivity index (χ1n) is 7.08. The van der Waals surface area contributed by atoms with E-state index in [2.05, 4.69) is 4.72 Å². The van der Waals surface area contributed by atoms with Crippen molar-refractivity contribution in [1.82, 2.24) is 4.72 Å². The molecule has 1 fully saturated rings. The van der Waals surface area contributed by atoms with Gasteiger partial charge in [-0.2, -0.15) is 0 Å². The average molecular weight is 295 g/mol. The van der Waals surface area contributed by atoms with Gasteiger partial charge in [0.1, 0.15) is 5.78 Å².